The van der Waals surface area contributed by atoms with E-state index in [1.54, 1.807) is 7.11 Å². The summed E-state index contributed by atoms with van der Waals surface area (Å²) in [6.45, 7) is 2.96. The quantitative estimate of drug-likeness (QED) is 0.685. The fourth-order valence-electron chi connectivity index (χ4n) is 1.99. The van der Waals surface area contributed by atoms with Gasteiger partial charge < -0.3 is 15.8 Å². The Labute approximate surface area is 81.0 Å². The molecule has 1 unspecified atom stereocenters. The molecule has 0 spiro atoms. The van der Waals surface area contributed by atoms with Crippen molar-refractivity contribution in [2.24, 2.45) is 5.73 Å². The van der Waals surface area contributed by atoms with Crippen LogP contribution in [-0.2, 0) is 4.74 Å². The Bertz CT molecular complexity index is 133. The molecule has 0 amide bonds. The Balaban J connectivity index is 2.14. The number of rotatable bonds is 4. The highest BCUT2D eigenvalue weighted by atomic mass is 16.5. The van der Waals surface area contributed by atoms with Crippen molar-refractivity contribution in [2.45, 2.75) is 50.7 Å². The van der Waals surface area contributed by atoms with E-state index in [1.807, 2.05) is 0 Å². The van der Waals surface area contributed by atoms with E-state index in [0.29, 0.717) is 18.1 Å². The van der Waals surface area contributed by atoms with Crippen molar-refractivity contribution in [2.75, 3.05) is 13.7 Å². The third-order valence-electron chi connectivity index (χ3n) is 2.71. The third-order valence-corrected chi connectivity index (χ3v) is 2.71. The lowest BCUT2D eigenvalue weighted by Crippen LogP contribution is -2.43. The number of nitrogens with two attached hydrogens (primary N) is 1. The third kappa shape index (κ3) is 4.07. The van der Waals surface area contributed by atoms with E-state index in [2.05, 4.69) is 12.2 Å². The highest BCUT2D eigenvalue weighted by molar-refractivity contribution is 4.80. The molecule has 0 aromatic heterocycles. The van der Waals surface area contributed by atoms with Crippen molar-refractivity contribution in [1.29, 1.82) is 0 Å². The molecule has 0 aromatic carbocycles. The lowest BCUT2D eigenvalue weighted by atomic mass is 9.91. The monoisotopic (exact) mass is 186 g/mol. The van der Waals surface area contributed by atoms with Gasteiger partial charge >= 0.3 is 0 Å². The van der Waals surface area contributed by atoms with Crippen LogP contribution in [-0.4, -0.2) is 31.8 Å². The normalized spacial score (nSPS) is 31.6. The molecule has 1 aliphatic carbocycles. The second kappa shape index (κ2) is 5.58. The minimum atomic E-state index is 0.441. The molecule has 0 heterocycles. The molecule has 0 aliphatic heterocycles. The zero-order valence-corrected chi connectivity index (χ0v) is 8.75. The number of hydrogen-bond donors (Lipinski definition) is 2. The maximum atomic E-state index is 5.83. The fourth-order valence-corrected chi connectivity index (χ4v) is 1.99. The molecule has 13 heavy (non-hydrogen) atoms. The predicted octanol–water partition coefficient (Wildman–Crippen LogP) is 0.881. The van der Waals surface area contributed by atoms with Gasteiger partial charge in [0.25, 0.3) is 0 Å². The summed E-state index contributed by atoms with van der Waals surface area (Å²) >= 11 is 0. The van der Waals surface area contributed by atoms with E-state index in [1.165, 1.54) is 12.8 Å². The van der Waals surface area contributed by atoms with Gasteiger partial charge in [-0.05, 0) is 32.6 Å². The Morgan fingerprint density at radius 1 is 1.38 bits per heavy atom. The first kappa shape index (κ1) is 11.0. The molecular formula is C10H22N2O. The molecule has 0 aromatic rings. The maximum Gasteiger partial charge on any atom is 0.0613 e. The van der Waals surface area contributed by atoms with Gasteiger partial charge in [0.15, 0.2) is 0 Å². The molecule has 3 nitrogen and oxygen atoms in total. The fraction of sp³-hybridized carbons (Fsp3) is 1.00. The topological polar surface area (TPSA) is 47.3 Å². The Morgan fingerprint density at radius 3 is 2.54 bits per heavy atom. The van der Waals surface area contributed by atoms with Gasteiger partial charge in [-0.1, -0.05) is 0 Å². The highest BCUT2D eigenvalue weighted by Crippen LogP contribution is 2.17. The summed E-state index contributed by atoms with van der Waals surface area (Å²) in [7, 11) is 1.75. The van der Waals surface area contributed by atoms with Gasteiger partial charge in [0.1, 0.15) is 0 Å². The zero-order valence-electron chi connectivity index (χ0n) is 8.75. The van der Waals surface area contributed by atoms with Crippen LogP contribution in [0.2, 0.25) is 0 Å². The summed E-state index contributed by atoms with van der Waals surface area (Å²) in [5.41, 5.74) is 5.83. The van der Waals surface area contributed by atoms with Gasteiger partial charge in [0.05, 0.1) is 6.61 Å². The summed E-state index contributed by atoms with van der Waals surface area (Å²) in [5, 5.41) is 3.56. The summed E-state index contributed by atoms with van der Waals surface area (Å²) in [6, 6.07) is 1.56. The maximum absolute atomic E-state index is 5.83. The van der Waals surface area contributed by atoms with Crippen molar-refractivity contribution in [1.82, 2.24) is 5.32 Å². The number of methoxy groups -OCH3 is 1. The summed E-state index contributed by atoms with van der Waals surface area (Å²) < 4.78 is 5.08. The van der Waals surface area contributed by atoms with Crippen LogP contribution >= 0.6 is 0 Å². The van der Waals surface area contributed by atoms with Gasteiger partial charge in [-0.25, -0.2) is 0 Å². The van der Waals surface area contributed by atoms with E-state index >= 15 is 0 Å². The number of nitrogens with one attached hydrogen (secondary N) is 1. The van der Waals surface area contributed by atoms with Crippen LogP contribution in [0.4, 0.5) is 0 Å². The van der Waals surface area contributed by atoms with Crippen LogP contribution in [0.5, 0.6) is 0 Å². The standard InChI is InChI=1S/C10H22N2O/c1-8(7-13-2)12-10-5-3-9(11)4-6-10/h8-10,12H,3-7,11H2,1-2H3. The molecule has 1 fully saturated rings. The van der Waals surface area contributed by atoms with Crippen molar-refractivity contribution >= 4 is 0 Å². The molecule has 0 radical (unpaired) electrons. The first-order valence-electron chi connectivity index (χ1n) is 5.23. The lowest BCUT2D eigenvalue weighted by Gasteiger charge is -2.29. The van der Waals surface area contributed by atoms with E-state index in [9.17, 15) is 0 Å². The molecule has 1 atom stereocenters. The zero-order chi connectivity index (χ0) is 9.68. The molecule has 0 bridgehead atoms. The van der Waals surface area contributed by atoms with Crippen LogP contribution in [0.3, 0.4) is 0 Å². The van der Waals surface area contributed by atoms with Gasteiger partial charge in [0.2, 0.25) is 0 Å². The number of hydrogen-bond acceptors (Lipinski definition) is 3. The van der Waals surface area contributed by atoms with Crippen molar-refractivity contribution < 1.29 is 4.74 Å². The van der Waals surface area contributed by atoms with Crippen LogP contribution in [0.25, 0.3) is 0 Å². The summed E-state index contributed by atoms with van der Waals surface area (Å²) in [4.78, 5) is 0. The van der Waals surface area contributed by atoms with Crippen molar-refractivity contribution in [3.05, 3.63) is 0 Å². The van der Waals surface area contributed by atoms with Crippen molar-refractivity contribution in [3.8, 4) is 0 Å². The van der Waals surface area contributed by atoms with Gasteiger partial charge in [-0.2, -0.15) is 0 Å². The largest absolute Gasteiger partial charge is 0.383 e. The molecule has 1 saturated carbocycles. The van der Waals surface area contributed by atoms with Crippen LogP contribution in [0.1, 0.15) is 32.6 Å². The molecule has 1 rings (SSSR count). The van der Waals surface area contributed by atoms with Crippen molar-refractivity contribution in [3.63, 3.8) is 0 Å². The summed E-state index contributed by atoms with van der Waals surface area (Å²) in [5.74, 6) is 0. The Kier molecular flexibility index (Phi) is 4.70. The molecule has 0 saturated heterocycles. The first-order valence-corrected chi connectivity index (χ1v) is 5.23. The minimum Gasteiger partial charge on any atom is -0.383 e. The molecular weight excluding hydrogens is 164 g/mol. The van der Waals surface area contributed by atoms with Crippen LogP contribution < -0.4 is 11.1 Å². The molecule has 1 aliphatic rings. The average Bonchev–Trinajstić information content (AvgIpc) is 2.09. The second-order valence-electron chi connectivity index (χ2n) is 4.13. The molecule has 3 N–H and O–H groups in total. The first-order chi connectivity index (χ1) is 6.22. The average molecular weight is 186 g/mol. The number of ether oxygens (including phenoxy) is 1. The van der Waals surface area contributed by atoms with E-state index in [0.717, 1.165) is 19.4 Å². The smallest absolute Gasteiger partial charge is 0.0613 e. The molecule has 78 valence electrons. The molecule has 3 heteroatoms. The minimum absolute atomic E-state index is 0.441. The second-order valence-corrected chi connectivity index (χ2v) is 4.13. The van der Waals surface area contributed by atoms with Gasteiger partial charge in [-0.3, -0.25) is 0 Å². The Hall–Kier alpha value is -0.120. The van der Waals surface area contributed by atoms with Gasteiger partial charge in [0, 0.05) is 25.2 Å². The van der Waals surface area contributed by atoms with Gasteiger partial charge in [-0.15, -0.1) is 0 Å². The van der Waals surface area contributed by atoms with E-state index < -0.39 is 0 Å². The predicted molar refractivity (Wildman–Crippen MR) is 54.7 cm³/mol. The highest BCUT2D eigenvalue weighted by Gasteiger charge is 2.19. The summed E-state index contributed by atoms with van der Waals surface area (Å²) in [6.07, 6.45) is 4.76. The lowest BCUT2D eigenvalue weighted by molar-refractivity contribution is 0.161. The SMILES string of the molecule is COCC(C)NC1CCC(N)CC1. The van der Waals surface area contributed by atoms with Crippen LogP contribution in [0.15, 0.2) is 0 Å². The Morgan fingerprint density at radius 2 is 2.00 bits per heavy atom. The van der Waals surface area contributed by atoms with E-state index in [4.69, 9.17) is 10.5 Å². The van der Waals surface area contributed by atoms with E-state index in [-0.39, 0.29) is 0 Å². The van der Waals surface area contributed by atoms with Crippen LogP contribution in [0, 0.1) is 0 Å².